The average molecular weight is 318 g/mol. The number of hydrogen-bond donors (Lipinski definition) is 2. The maximum Gasteiger partial charge on any atom is 0.137 e. The Labute approximate surface area is 117 Å². The summed E-state index contributed by atoms with van der Waals surface area (Å²) in [6.07, 6.45) is 0.727. The van der Waals surface area contributed by atoms with Crippen molar-refractivity contribution in [1.29, 1.82) is 0 Å². The minimum atomic E-state index is -0.248. The first-order chi connectivity index (χ1) is 8.45. The van der Waals surface area contributed by atoms with E-state index in [0.29, 0.717) is 10.4 Å². The molecule has 4 heteroatoms. The monoisotopic (exact) mass is 317 g/mol. The fraction of sp³-hybridized carbons (Fsp3) is 0.571. The number of halogens is 2. The Morgan fingerprint density at radius 2 is 2.00 bits per heavy atom. The number of aliphatic hydroxyl groups excluding tert-OH is 1. The second-order valence-corrected chi connectivity index (χ2v) is 5.78. The largest absolute Gasteiger partial charge is 0.396 e. The van der Waals surface area contributed by atoms with Crippen molar-refractivity contribution in [3.63, 3.8) is 0 Å². The van der Waals surface area contributed by atoms with E-state index in [2.05, 4.69) is 35.1 Å². The van der Waals surface area contributed by atoms with Crippen LogP contribution in [0.1, 0.15) is 38.8 Å². The lowest BCUT2D eigenvalue weighted by Gasteiger charge is -2.26. The van der Waals surface area contributed by atoms with Crippen LogP contribution in [0, 0.1) is 11.7 Å². The van der Waals surface area contributed by atoms with Crippen molar-refractivity contribution in [3.05, 3.63) is 34.1 Å². The molecule has 2 N–H and O–H groups in total. The fourth-order valence-electron chi connectivity index (χ4n) is 1.95. The van der Waals surface area contributed by atoms with Gasteiger partial charge >= 0.3 is 0 Å². The molecular weight excluding hydrogens is 297 g/mol. The normalized spacial score (nSPS) is 14.8. The quantitative estimate of drug-likeness (QED) is 0.839. The van der Waals surface area contributed by atoms with Crippen molar-refractivity contribution in [3.8, 4) is 0 Å². The van der Waals surface area contributed by atoms with E-state index in [1.54, 1.807) is 12.1 Å². The van der Waals surface area contributed by atoms with Crippen LogP contribution in [0.5, 0.6) is 0 Å². The molecule has 0 aromatic heterocycles. The molecule has 1 aromatic rings. The van der Waals surface area contributed by atoms with Gasteiger partial charge in [-0.25, -0.2) is 4.39 Å². The molecule has 0 amide bonds. The van der Waals surface area contributed by atoms with Crippen molar-refractivity contribution >= 4 is 15.9 Å². The highest BCUT2D eigenvalue weighted by Gasteiger charge is 2.16. The van der Waals surface area contributed by atoms with E-state index in [4.69, 9.17) is 5.11 Å². The van der Waals surface area contributed by atoms with Crippen LogP contribution in [0.3, 0.4) is 0 Å². The summed E-state index contributed by atoms with van der Waals surface area (Å²) in [6.45, 7) is 6.48. The lowest BCUT2D eigenvalue weighted by Crippen LogP contribution is -2.36. The highest BCUT2D eigenvalue weighted by atomic mass is 79.9. The third kappa shape index (κ3) is 4.34. The van der Waals surface area contributed by atoms with E-state index in [1.165, 1.54) is 6.07 Å². The van der Waals surface area contributed by atoms with E-state index < -0.39 is 0 Å². The van der Waals surface area contributed by atoms with Crippen molar-refractivity contribution in [2.45, 2.75) is 39.3 Å². The van der Waals surface area contributed by atoms with Crippen LogP contribution in [0.2, 0.25) is 0 Å². The number of benzene rings is 1. The fourth-order valence-corrected chi connectivity index (χ4v) is 2.34. The highest BCUT2D eigenvalue weighted by Crippen LogP contribution is 2.22. The average Bonchev–Trinajstić information content (AvgIpc) is 2.31. The molecule has 0 aliphatic carbocycles. The number of rotatable bonds is 6. The molecule has 0 aliphatic heterocycles. The Morgan fingerprint density at radius 3 is 2.50 bits per heavy atom. The van der Waals surface area contributed by atoms with E-state index in [9.17, 15) is 4.39 Å². The van der Waals surface area contributed by atoms with Gasteiger partial charge in [-0.2, -0.15) is 0 Å². The lowest BCUT2D eigenvalue weighted by atomic mass is 9.98. The van der Waals surface area contributed by atoms with E-state index in [-0.39, 0.29) is 24.5 Å². The maximum atomic E-state index is 13.2. The van der Waals surface area contributed by atoms with Crippen LogP contribution in [0.15, 0.2) is 22.7 Å². The van der Waals surface area contributed by atoms with E-state index in [1.807, 2.05) is 6.92 Å². The predicted octanol–water partition coefficient (Wildman–Crippen LogP) is 3.65. The summed E-state index contributed by atoms with van der Waals surface area (Å²) in [5, 5.41) is 12.5. The molecule has 2 unspecified atom stereocenters. The number of hydrogen-bond acceptors (Lipinski definition) is 2. The predicted molar refractivity (Wildman–Crippen MR) is 76.0 cm³/mol. The molecule has 1 aromatic carbocycles. The summed E-state index contributed by atoms with van der Waals surface area (Å²) in [7, 11) is 0. The van der Waals surface area contributed by atoms with Crippen LogP contribution in [0.25, 0.3) is 0 Å². The SMILES string of the molecule is CC(NC(CCO)C(C)C)c1ccc(F)c(Br)c1. The van der Waals surface area contributed by atoms with Gasteiger partial charge in [0.2, 0.25) is 0 Å². The van der Waals surface area contributed by atoms with Crippen LogP contribution < -0.4 is 5.32 Å². The summed E-state index contributed by atoms with van der Waals surface area (Å²) in [5.74, 6) is 0.199. The van der Waals surface area contributed by atoms with E-state index in [0.717, 1.165) is 12.0 Å². The first-order valence-electron chi connectivity index (χ1n) is 6.27. The highest BCUT2D eigenvalue weighted by molar-refractivity contribution is 9.10. The van der Waals surface area contributed by atoms with Crippen LogP contribution >= 0.6 is 15.9 Å². The molecule has 0 fully saturated rings. The summed E-state index contributed by atoms with van der Waals surface area (Å²) in [4.78, 5) is 0. The van der Waals surface area contributed by atoms with Gasteiger partial charge < -0.3 is 10.4 Å². The molecule has 18 heavy (non-hydrogen) atoms. The molecule has 0 saturated heterocycles. The van der Waals surface area contributed by atoms with Crippen molar-refractivity contribution in [1.82, 2.24) is 5.32 Å². The molecule has 0 saturated carbocycles. The molecule has 102 valence electrons. The molecule has 0 spiro atoms. The molecule has 0 aliphatic rings. The summed E-state index contributed by atoms with van der Waals surface area (Å²) >= 11 is 3.20. The minimum absolute atomic E-state index is 0.126. The van der Waals surface area contributed by atoms with Crippen LogP contribution in [0.4, 0.5) is 4.39 Å². The van der Waals surface area contributed by atoms with Crippen LogP contribution in [-0.4, -0.2) is 17.8 Å². The van der Waals surface area contributed by atoms with Gasteiger partial charge in [0.15, 0.2) is 0 Å². The maximum absolute atomic E-state index is 13.2. The van der Waals surface area contributed by atoms with Gasteiger partial charge in [0, 0.05) is 18.7 Å². The first-order valence-corrected chi connectivity index (χ1v) is 7.06. The van der Waals surface area contributed by atoms with Crippen LogP contribution in [-0.2, 0) is 0 Å². The summed E-state index contributed by atoms with van der Waals surface area (Å²) < 4.78 is 13.7. The van der Waals surface area contributed by atoms with Gasteiger partial charge in [-0.3, -0.25) is 0 Å². The van der Waals surface area contributed by atoms with Crippen molar-refractivity contribution < 1.29 is 9.50 Å². The van der Waals surface area contributed by atoms with Crippen molar-refractivity contribution in [2.75, 3.05) is 6.61 Å². The summed E-state index contributed by atoms with van der Waals surface area (Å²) in [5.41, 5.74) is 1.03. The topological polar surface area (TPSA) is 32.3 Å². The third-order valence-electron chi connectivity index (χ3n) is 3.15. The molecular formula is C14H21BrFNO. The zero-order valence-electron chi connectivity index (χ0n) is 11.1. The molecule has 2 nitrogen and oxygen atoms in total. The Balaban J connectivity index is 2.73. The van der Waals surface area contributed by atoms with Gasteiger partial charge in [-0.15, -0.1) is 0 Å². The minimum Gasteiger partial charge on any atom is -0.396 e. The second-order valence-electron chi connectivity index (χ2n) is 4.92. The zero-order chi connectivity index (χ0) is 13.7. The molecule has 1 rings (SSSR count). The Kier molecular flexibility index (Phi) is 6.26. The molecule has 0 bridgehead atoms. The number of aliphatic hydroxyl groups is 1. The van der Waals surface area contributed by atoms with Gasteiger partial charge in [-0.05, 0) is 52.9 Å². The first kappa shape index (κ1) is 15.6. The standard InChI is InChI=1S/C14H21BrFNO/c1-9(2)14(6-7-18)17-10(3)11-4-5-13(16)12(15)8-11/h4-5,8-10,14,17-18H,6-7H2,1-3H3. The molecule has 0 radical (unpaired) electrons. The van der Waals surface area contributed by atoms with E-state index >= 15 is 0 Å². The van der Waals surface area contributed by atoms with Gasteiger partial charge in [0.1, 0.15) is 5.82 Å². The Hall–Kier alpha value is -0.450. The molecule has 2 atom stereocenters. The van der Waals surface area contributed by atoms with Crippen molar-refractivity contribution in [2.24, 2.45) is 5.92 Å². The van der Waals surface area contributed by atoms with Gasteiger partial charge in [0.05, 0.1) is 4.47 Å². The molecule has 0 heterocycles. The number of nitrogens with one attached hydrogen (secondary N) is 1. The lowest BCUT2D eigenvalue weighted by molar-refractivity contribution is 0.237. The zero-order valence-corrected chi connectivity index (χ0v) is 12.7. The van der Waals surface area contributed by atoms with Gasteiger partial charge in [-0.1, -0.05) is 19.9 Å². The third-order valence-corrected chi connectivity index (χ3v) is 3.76. The smallest absolute Gasteiger partial charge is 0.137 e. The second kappa shape index (κ2) is 7.22. The Morgan fingerprint density at radius 1 is 1.33 bits per heavy atom. The Bertz CT molecular complexity index is 384. The summed E-state index contributed by atoms with van der Waals surface area (Å²) in [6, 6.07) is 5.43. The van der Waals surface area contributed by atoms with Gasteiger partial charge in [0.25, 0.3) is 0 Å².